The van der Waals surface area contributed by atoms with E-state index < -0.39 is 33.4 Å². The lowest BCUT2D eigenvalue weighted by Crippen LogP contribution is -2.64. The Kier molecular flexibility index (Phi) is 8.48. The van der Waals surface area contributed by atoms with Crippen LogP contribution < -0.4 is 10.4 Å². The van der Waals surface area contributed by atoms with E-state index in [4.69, 9.17) is 0 Å². The molecule has 2 saturated heterocycles. The Hall–Kier alpha value is -1.89. The third kappa shape index (κ3) is 5.84. The number of likely N-dealkylation sites (tertiary alicyclic amines) is 1. The highest BCUT2D eigenvalue weighted by molar-refractivity contribution is 7.91. The van der Waals surface area contributed by atoms with Crippen LogP contribution in [0.1, 0.15) is 38.2 Å². The monoisotopic (exact) mass is 506 g/mol. The molecule has 1 aromatic rings. The van der Waals surface area contributed by atoms with Gasteiger partial charge in [0.2, 0.25) is 10.0 Å². The highest BCUT2D eigenvalue weighted by Crippen LogP contribution is 2.35. The van der Waals surface area contributed by atoms with Crippen molar-refractivity contribution >= 4 is 21.6 Å². The quantitative estimate of drug-likeness (QED) is 0.416. The fourth-order valence-corrected chi connectivity index (χ4v) is 6.83. The molecule has 0 aliphatic carbocycles. The number of alkyl halides is 3. The second-order valence-corrected chi connectivity index (χ2v) is 11.2. The minimum atomic E-state index is -4.41. The molecule has 2 N–H and O–H groups in total. The smallest absolute Gasteiger partial charge is 0.369 e. The Morgan fingerprint density at radius 1 is 1.06 bits per heavy atom. The van der Waals surface area contributed by atoms with Gasteiger partial charge in [-0.3, -0.25) is 14.9 Å². The van der Waals surface area contributed by atoms with Gasteiger partial charge in [0.05, 0.1) is 6.54 Å². The van der Waals surface area contributed by atoms with Gasteiger partial charge in [-0.25, -0.2) is 13.9 Å². The summed E-state index contributed by atoms with van der Waals surface area (Å²) >= 11 is 0. The van der Waals surface area contributed by atoms with E-state index in [9.17, 15) is 31.6 Å². The number of anilines is 1. The number of hydroxylamine groups is 1. The van der Waals surface area contributed by atoms with E-state index in [1.807, 2.05) is 12.1 Å². The third-order valence-electron chi connectivity index (χ3n) is 6.77. The summed E-state index contributed by atoms with van der Waals surface area (Å²) < 4.78 is 64.5. The van der Waals surface area contributed by atoms with Gasteiger partial charge in [0, 0.05) is 45.0 Å². The number of piperidine rings is 1. The molecule has 0 unspecified atom stereocenters. The predicted molar refractivity (Wildman–Crippen MR) is 122 cm³/mol. The normalized spacial score (nSPS) is 20.3. The largest absolute Gasteiger partial charge is 0.401 e. The Bertz CT molecular complexity index is 924. The molecule has 0 bridgehead atoms. The van der Waals surface area contributed by atoms with Crippen molar-refractivity contribution in [3.63, 3.8) is 0 Å². The molecule has 0 aromatic heterocycles. The molecule has 8 nitrogen and oxygen atoms in total. The van der Waals surface area contributed by atoms with Crippen molar-refractivity contribution in [3.8, 4) is 0 Å². The SMILES string of the molecule is CCCCc1ccc(N2CCN(S(=O)(=O)C3(C(=O)NO)CCN(CC(F)(F)F)CC3)CC2)cc1. The Morgan fingerprint density at radius 2 is 1.65 bits per heavy atom. The van der Waals surface area contributed by atoms with Crippen LogP contribution in [0.5, 0.6) is 0 Å². The van der Waals surface area contributed by atoms with Gasteiger partial charge in [-0.15, -0.1) is 0 Å². The second kappa shape index (κ2) is 10.8. The Labute approximate surface area is 198 Å². The molecular formula is C22H33F3N4O4S. The minimum Gasteiger partial charge on any atom is -0.369 e. The minimum absolute atomic E-state index is 0.145. The van der Waals surface area contributed by atoms with Gasteiger partial charge in [0.25, 0.3) is 5.91 Å². The molecule has 3 rings (SSSR count). The highest BCUT2D eigenvalue weighted by Gasteiger charge is 2.55. The van der Waals surface area contributed by atoms with E-state index in [1.165, 1.54) is 15.3 Å². The van der Waals surface area contributed by atoms with Crippen LogP contribution >= 0.6 is 0 Å². The van der Waals surface area contributed by atoms with Crippen LogP contribution in [-0.2, 0) is 21.2 Å². The molecule has 34 heavy (non-hydrogen) atoms. The summed E-state index contributed by atoms with van der Waals surface area (Å²) in [5.74, 6) is -1.09. The number of piperazine rings is 1. The third-order valence-corrected chi connectivity index (χ3v) is 9.40. The number of halogens is 3. The summed E-state index contributed by atoms with van der Waals surface area (Å²) in [5, 5.41) is 9.25. The fourth-order valence-electron chi connectivity index (χ4n) is 4.72. The first kappa shape index (κ1) is 26.7. The Balaban J connectivity index is 1.68. The number of hydrogen-bond donors (Lipinski definition) is 2. The molecule has 2 fully saturated rings. The van der Waals surface area contributed by atoms with Crippen LogP contribution in [0.15, 0.2) is 24.3 Å². The maximum atomic E-state index is 13.5. The molecule has 0 atom stereocenters. The van der Waals surface area contributed by atoms with Gasteiger partial charge in [-0.1, -0.05) is 25.5 Å². The molecule has 0 spiro atoms. The number of rotatable bonds is 8. The molecule has 1 amide bonds. The molecule has 2 aliphatic heterocycles. The second-order valence-electron chi connectivity index (χ2n) is 8.99. The molecular weight excluding hydrogens is 473 g/mol. The number of benzene rings is 1. The van der Waals surface area contributed by atoms with Gasteiger partial charge < -0.3 is 4.90 Å². The lowest BCUT2D eigenvalue weighted by atomic mass is 9.95. The number of hydrogen-bond acceptors (Lipinski definition) is 6. The summed E-state index contributed by atoms with van der Waals surface area (Å²) in [6.45, 7) is 1.68. The first-order valence-electron chi connectivity index (χ1n) is 11.6. The van der Waals surface area contributed by atoms with Crippen molar-refractivity contribution in [2.75, 3.05) is 50.7 Å². The molecule has 192 valence electrons. The zero-order valence-corrected chi connectivity index (χ0v) is 20.2. The van der Waals surface area contributed by atoms with Crippen LogP contribution in [0.3, 0.4) is 0 Å². The molecule has 1 aromatic carbocycles. The van der Waals surface area contributed by atoms with Crippen LogP contribution in [-0.4, -0.2) is 85.5 Å². The van der Waals surface area contributed by atoms with Gasteiger partial charge >= 0.3 is 6.18 Å². The number of sulfonamides is 1. The number of carbonyl (C=O) groups excluding carboxylic acids is 1. The van der Waals surface area contributed by atoms with Gasteiger partial charge in [0.15, 0.2) is 4.75 Å². The van der Waals surface area contributed by atoms with Crippen molar-refractivity contribution < 1.29 is 31.6 Å². The summed E-state index contributed by atoms with van der Waals surface area (Å²) in [5.41, 5.74) is 3.68. The molecule has 0 radical (unpaired) electrons. The fraction of sp³-hybridized carbons (Fsp3) is 0.682. The maximum Gasteiger partial charge on any atom is 0.401 e. The van der Waals surface area contributed by atoms with Crippen molar-refractivity contribution in [3.05, 3.63) is 29.8 Å². The number of amides is 1. The topological polar surface area (TPSA) is 93.2 Å². The van der Waals surface area contributed by atoms with Crippen molar-refractivity contribution in [1.82, 2.24) is 14.7 Å². The van der Waals surface area contributed by atoms with Crippen LogP contribution in [0.25, 0.3) is 0 Å². The Morgan fingerprint density at radius 3 is 2.15 bits per heavy atom. The van der Waals surface area contributed by atoms with E-state index in [0.29, 0.717) is 13.1 Å². The average molecular weight is 507 g/mol. The lowest BCUT2D eigenvalue weighted by Gasteiger charge is -2.44. The van der Waals surface area contributed by atoms with E-state index in [-0.39, 0.29) is 39.0 Å². The number of carbonyl (C=O) groups is 1. The molecule has 12 heteroatoms. The number of unbranched alkanes of at least 4 members (excludes halogenated alkanes) is 1. The van der Waals surface area contributed by atoms with Crippen LogP contribution in [0.2, 0.25) is 0 Å². The van der Waals surface area contributed by atoms with Gasteiger partial charge in [-0.2, -0.15) is 17.5 Å². The van der Waals surface area contributed by atoms with Gasteiger partial charge in [0.1, 0.15) is 0 Å². The summed E-state index contributed by atoms with van der Waals surface area (Å²) in [6, 6.07) is 8.19. The van der Waals surface area contributed by atoms with Crippen molar-refractivity contribution in [2.24, 2.45) is 0 Å². The summed E-state index contributed by atoms with van der Waals surface area (Å²) in [6.07, 6.45) is -1.81. The summed E-state index contributed by atoms with van der Waals surface area (Å²) in [4.78, 5) is 15.7. The number of aryl methyl sites for hydroxylation is 1. The van der Waals surface area contributed by atoms with E-state index in [1.54, 1.807) is 0 Å². The van der Waals surface area contributed by atoms with Gasteiger partial charge in [-0.05, 0) is 43.4 Å². The first-order valence-corrected chi connectivity index (χ1v) is 13.0. The maximum absolute atomic E-state index is 13.5. The van der Waals surface area contributed by atoms with Crippen LogP contribution in [0, 0.1) is 0 Å². The average Bonchev–Trinajstić information content (AvgIpc) is 2.82. The zero-order valence-electron chi connectivity index (χ0n) is 19.4. The lowest BCUT2D eigenvalue weighted by molar-refractivity contribution is -0.149. The van der Waals surface area contributed by atoms with E-state index in [2.05, 4.69) is 24.0 Å². The molecule has 2 heterocycles. The molecule has 0 saturated carbocycles. The zero-order chi connectivity index (χ0) is 25.0. The van der Waals surface area contributed by atoms with E-state index in [0.717, 1.165) is 29.8 Å². The number of nitrogens with one attached hydrogen (secondary N) is 1. The predicted octanol–water partition coefficient (Wildman–Crippen LogP) is 2.38. The van der Waals surface area contributed by atoms with Crippen molar-refractivity contribution in [1.29, 1.82) is 0 Å². The first-order chi connectivity index (χ1) is 16.0. The van der Waals surface area contributed by atoms with Crippen molar-refractivity contribution in [2.45, 2.75) is 50.0 Å². The summed E-state index contributed by atoms with van der Waals surface area (Å²) in [7, 11) is -4.22. The van der Waals surface area contributed by atoms with Crippen LogP contribution in [0.4, 0.5) is 18.9 Å². The highest BCUT2D eigenvalue weighted by atomic mass is 32.2. The van der Waals surface area contributed by atoms with E-state index >= 15 is 0 Å². The molecule has 2 aliphatic rings. The number of nitrogens with zero attached hydrogens (tertiary/aromatic N) is 3. The standard InChI is InChI=1S/C22H33F3N4O4S/c1-2-3-4-18-5-7-19(8-6-18)28-13-15-29(16-14-28)34(32,33)21(20(30)26-31)9-11-27(12-10-21)17-22(23,24)25/h5-8,31H,2-4,9-17H2,1H3,(H,26,30).